The van der Waals surface area contributed by atoms with Gasteiger partial charge in [0, 0.05) is 73.1 Å². The topological polar surface area (TPSA) is 307 Å². The number of carboxylic acid groups (broad SMARTS) is 1. The number of rotatable bonds is 20. The minimum Gasteiger partial charge on any atom is -0.790 e. The van der Waals surface area contributed by atoms with Gasteiger partial charge in [0.25, 0.3) is 0 Å². The number of hydrogen-bond acceptors (Lipinski definition) is 17. The summed E-state index contributed by atoms with van der Waals surface area (Å²) in [5, 5.41) is 56.0. The Morgan fingerprint density at radius 2 is 1.12 bits per heavy atom. The number of fused-ring (bicyclic) bond motifs is 4. The first-order valence-electron chi connectivity index (χ1n) is 35.9. The normalized spacial score (nSPS) is 16.4. The van der Waals surface area contributed by atoms with E-state index in [0.29, 0.717) is 62.2 Å². The molecule has 3 aliphatic carbocycles. The molecule has 19 heteroatoms. The van der Waals surface area contributed by atoms with Crippen LogP contribution < -0.4 is 20.4 Å². The molecule has 3 fully saturated rings. The lowest BCUT2D eigenvalue weighted by Gasteiger charge is -2.31. The van der Waals surface area contributed by atoms with Crippen LogP contribution in [0.25, 0.3) is 20.2 Å². The van der Waals surface area contributed by atoms with E-state index in [0.717, 1.165) is 72.8 Å². The lowest BCUT2D eigenvalue weighted by Crippen LogP contribution is -2.40. The van der Waals surface area contributed by atoms with E-state index in [1.807, 2.05) is 137 Å². The number of Topliss-reactive ketones (excluding diaryl/α,β-unsaturated/α-hetero) is 4. The quantitative estimate of drug-likeness (QED) is 0.0179. The Kier molecular flexibility index (Phi) is 32.4. The number of carbonyl (C=O) groups excluding carboxylic acids is 6. The molecule has 17 nitrogen and oxygen atoms in total. The van der Waals surface area contributed by atoms with Crippen molar-refractivity contribution in [2.45, 2.75) is 151 Å². The molecule has 9 aromatic rings. The van der Waals surface area contributed by atoms with Crippen LogP contribution in [0.15, 0.2) is 205 Å². The number of benzene rings is 8. The van der Waals surface area contributed by atoms with E-state index >= 15 is 0 Å². The SMILES string of the molecule is CC(C)(O)C(=O)c1ccc(OCCO)cc1.CC12CCC(C(=O)C1=O)C2(C)C.CCCCC(CCO)CCO.Cc1cc(C)c(C(=O)P(=O)([O-])c2ccccc2)c(C)c1.O=C(O)c1cccc2c(=O)c3ccccc3sc12.O=C(c1ccccc1)C1(O)CCCCC1.O=C(c1ccccc1)c1ccccc1. The number of hydrogen-bond donors (Lipinski definition) is 6. The van der Waals surface area contributed by atoms with Crippen molar-refractivity contribution in [3.05, 3.63) is 260 Å². The number of aryl methyl sites for hydroxylation is 3. The molecule has 8 aromatic carbocycles. The summed E-state index contributed by atoms with van der Waals surface area (Å²) < 4.78 is 18.9. The number of aliphatic hydroxyl groups excluding tert-OH is 3. The van der Waals surface area contributed by atoms with E-state index in [-0.39, 0.29) is 94.0 Å². The molecule has 1 aromatic heterocycles. The molecule has 12 rings (SSSR count). The third-order valence-corrected chi connectivity index (χ3v) is 22.6. The molecule has 1 heterocycles. The molecule has 0 amide bonds. The monoisotopic (exact) mass is 1480 g/mol. The number of aromatic carboxylic acids is 1. The van der Waals surface area contributed by atoms with E-state index in [4.69, 9.17) is 25.2 Å². The summed E-state index contributed by atoms with van der Waals surface area (Å²) in [4.78, 5) is 107. The van der Waals surface area contributed by atoms with Crippen molar-refractivity contribution >= 4 is 84.6 Å². The maximum Gasteiger partial charge on any atom is 0.337 e. The zero-order valence-corrected chi connectivity index (χ0v) is 63.8. The van der Waals surface area contributed by atoms with Crippen LogP contribution in [0.3, 0.4) is 0 Å². The van der Waals surface area contributed by atoms with Crippen LogP contribution >= 0.6 is 18.7 Å². The van der Waals surface area contributed by atoms with Gasteiger partial charge in [-0.05, 0) is 144 Å². The molecule has 3 unspecified atom stereocenters. The average Bonchev–Trinajstić information content (AvgIpc) is 1.56. The first-order chi connectivity index (χ1) is 50.3. The molecule has 6 N–H and O–H groups in total. The Morgan fingerprint density at radius 1 is 0.623 bits per heavy atom. The summed E-state index contributed by atoms with van der Waals surface area (Å²) >= 11 is 1.34. The van der Waals surface area contributed by atoms with Gasteiger partial charge in [0.05, 0.1) is 16.9 Å². The lowest BCUT2D eigenvalue weighted by atomic mass is 9.70. The Labute approximate surface area is 625 Å². The van der Waals surface area contributed by atoms with Crippen LogP contribution in [0.1, 0.15) is 193 Å². The van der Waals surface area contributed by atoms with Crippen LogP contribution in [-0.4, -0.2) is 109 Å². The van der Waals surface area contributed by atoms with Gasteiger partial charge in [0.15, 0.2) is 22.8 Å². The second kappa shape index (κ2) is 40.0. The molecular formula is C87H100O17PS-. The lowest BCUT2D eigenvalue weighted by molar-refractivity contribution is -0.168. The van der Waals surface area contributed by atoms with Gasteiger partial charge in [0.1, 0.15) is 30.9 Å². The summed E-state index contributed by atoms with van der Waals surface area (Å²) in [7, 11) is -4.32. The fourth-order valence-corrected chi connectivity index (χ4v) is 15.9. The van der Waals surface area contributed by atoms with E-state index in [2.05, 4.69) is 6.92 Å². The van der Waals surface area contributed by atoms with E-state index < -0.39 is 30.1 Å². The van der Waals surface area contributed by atoms with Crippen LogP contribution in [0.2, 0.25) is 0 Å². The van der Waals surface area contributed by atoms with Crippen LogP contribution in [0.4, 0.5) is 0 Å². The van der Waals surface area contributed by atoms with Crippen molar-refractivity contribution in [3.8, 4) is 5.75 Å². The van der Waals surface area contributed by atoms with Crippen molar-refractivity contribution < 1.29 is 78.4 Å². The third kappa shape index (κ3) is 22.5. The number of ether oxygens (including phenoxy) is 1. The molecule has 3 atom stereocenters. The van der Waals surface area contributed by atoms with Gasteiger partial charge in [-0.2, -0.15) is 0 Å². The maximum absolute atomic E-state index is 12.4. The Bertz CT molecular complexity index is 4450. The van der Waals surface area contributed by atoms with Crippen molar-refractivity contribution in [3.63, 3.8) is 0 Å². The van der Waals surface area contributed by atoms with Crippen LogP contribution in [-0.2, 0) is 14.2 Å². The Balaban J connectivity index is 0.000000195. The first kappa shape index (κ1) is 85.9. The second-order valence-corrected chi connectivity index (χ2v) is 31.2. The van der Waals surface area contributed by atoms with Crippen LogP contribution in [0, 0.1) is 43.4 Å². The van der Waals surface area contributed by atoms with E-state index in [9.17, 15) is 58.0 Å². The third-order valence-electron chi connectivity index (χ3n) is 19.6. The predicted octanol–water partition coefficient (Wildman–Crippen LogP) is 15.5. The highest BCUT2D eigenvalue weighted by molar-refractivity contribution is 7.81. The average molecular weight is 1480 g/mol. The van der Waals surface area contributed by atoms with Crippen molar-refractivity contribution in [1.82, 2.24) is 0 Å². The van der Waals surface area contributed by atoms with Crippen molar-refractivity contribution in [2.75, 3.05) is 26.4 Å². The van der Waals surface area contributed by atoms with Crippen LogP contribution in [0.5, 0.6) is 5.75 Å². The molecule has 562 valence electrons. The fraction of sp³-hybridized carbons (Fsp3) is 0.356. The number of aliphatic hydroxyl groups is 5. The highest BCUT2D eigenvalue weighted by atomic mass is 32.1. The molecule has 2 bridgehead atoms. The highest BCUT2D eigenvalue weighted by Gasteiger charge is 2.66. The van der Waals surface area contributed by atoms with Gasteiger partial charge >= 0.3 is 5.97 Å². The zero-order valence-electron chi connectivity index (χ0n) is 62.1. The molecule has 0 spiro atoms. The van der Waals surface area contributed by atoms with Gasteiger partial charge in [0.2, 0.25) is 17.1 Å². The van der Waals surface area contributed by atoms with E-state index in [1.54, 1.807) is 86.6 Å². The molecule has 3 aliphatic rings. The standard InChI is InChI=1S/C16H17O3P.C14H8O3S.C13H16O2.C13H10O.C12H16O4.C10H14O2.C9H20O2/c1-11-9-12(2)15(13(3)10-11)16(17)20(18,19)14-7-5-4-6-8-14;15-12-8-4-1-2-7-11(8)18-13-9(12)5-3-6-10(13)14(16)17;14-12(11-7-3-1-4-8-11)13(15)9-5-2-6-10-13;14-13(11-7-3-1-4-8-11)12-9-5-2-6-10-12;1-12(2,15)11(14)9-3-5-10(6-4-9)16-8-7-13;1-9(2)6-4-5-10(9,3)8(12)7(6)11;1-2-3-4-9(5-7-10)6-8-11/h4-10H,1-3H3,(H,18,19);1-7H,(H,16,17);1,3-4,7-8,15H,2,5-6,9-10H2;1-10H;3-6,13,15H,7-8H2,1-2H3;6H,4-5H2,1-3H3;9-11H,2-8H2,1H3/p-1. The summed E-state index contributed by atoms with van der Waals surface area (Å²) in [5.74, 6) is -0.486. The van der Waals surface area contributed by atoms with Gasteiger partial charge in [-0.25, -0.2) is 4.79 Å². The number of carbonyl (C=O) groups is 7. The summed E-state index contributed by atoms with van der Waals surface area (Å²) in [5.41, 5.74) is 1.57. The number of carboxylic acids is 1. The Hall–Kier alpha value is -9.07. The second-order valence-electron chi connectivity index (χ2n) is 28.1. The minimum atomic E-state index is -4.32. The predicted molar refractivity (Wildman–Crippen MR) is 417 cm³/mol. The zero-order chi connectivity index (χ0) is 78.0. The van der Waals surface area contributed by atoms with Crippen molar-refractivity contribution in [1.29, 1.82) is 0 Å². The van der Waals surface area contributed by atoms with Gasteiger partial charge in [-0.15, -0.1) is 11.3 Å². The van der Waals surface area contributed by atoms with Gasteiger partial charge in [-0.3, -0.25) is 33.6 Å². The fourth-order valence-electron chi connectivity index (χ4n) is 13.3. The molecular weight excluding hydrogens is 1380 g/mol. The molecule has 0 aliphatic heterocycles. The molecule has 0 radical (unpaired) electrons. The Morgan fingerprint density at radius 3 is 1.58 bits per heavy atom. The highest BCUT2D eigenvalue weighted by Crippen LogP contribution is 2.62. The van der Waals surface area contributed by atoms with Gasteiger partial charge in [-0.1, -0.05) is 223 Å². The first-order valence-corrected chi connectivity index (χ1v) is 38.3. The van der Waals surface area contributed by atoms with Crippen molar-refractivity contribution in [2.24, 2.45) is 22.7 Å². The summed E-state index contributed by atoms with van der Waals surface area (Å²) in [6.07, 6.45) is 11.3. The largest absolute Gasteiger partial charge is 0.790 e. The van der Waals surface area contributed by atoms with E-state index in [1.165, 1.54) is 56.2 Å². The smallest absolute Gasteiger partial charge is 0.337 e. The number of unbranched alkanes of at least 4 members (excludes halogenated alkanes) is 1. The summed E-state index contributed by atoms with van der Waals surface area (Å²) in [6.45, 7) is 17.2. The molecule has 106 heavy (non-hydrogen) atoms. The van der Waals surface area contributed by atoms with Gasteiger partial charge < -0.3 is 44.8 Å². The molecule has 3 saturated carbocycles. The number of ketones is 5. The summed E-state index contributed by atoms with van der Waals surface area (Å²) in [6, 6.07) is 57.7. The molecule has 0 saturated heterocycles. The minimum absolute atomic E-state index is 0.00926. The maximum atomic E-state index is 12.4.